The first-order chi connectivity index (χ1) is 8.67. The van der Waals surface area contributed by atoms with Crippen LogP contribution < -0.4 is 5.32 Å². The Kier molecular flexibility index (Phi) is 4.34. The van der Waals surface area contributed by atoms with Gasteiger partial charge in [-0.05, 0) is 6.92 Å². The van der Waals surface area contributed by atoms with Crippen molar-refractivity contribution >= 4 is 33.7 Å². The average molecular weight is 284 g/mol. The highest BCUT2D eigenvalue weighted by atomic mass is 32.1. The van der Waals surface area contributed by atoms with Crippen molar-refractivity contribution < 1.29 is 9.53 Å². The second-order valence-corrected chi connectivity index (χ2v) is 5.64. The molecule has 18 heavy (non-hydrogen) atoms. The summed E-state index contributed by atoms with van der Waals surface area (Å²) in [6.45, 7) is 2.31. The van der Waals surface area contributed by atoms with E-state index in [9.17, 15) is 4.79 Å². The van der Waals surface area contributed by atoms with Gasteiger partial charge in [0.05, 0.1) is 17.1 Å². The summed E-state index contributed by atoms with van der Waals surface area (Å²) in [7, 11) is 1.59. The molecular weight excluding hydrogens is 272 g/mol. The van der Waals surface area contributed by atoms with Crippen LogP contribution in [0.5, 0.6) is 0 Å². The molecule has 0 aliphatic rings. The lowest BCUT2D eigenvalue weighted by Crippen LogP contribution is -2.14. The van der Waals surface area contributed by atoms with Gasteiger partial charge in [0.25, 0.3) is 0 Å². The number of ether oxygens (including phenoxy) is 1. The summed E-state index contributed by atoms with van der Waals surface area (Å²) < 4.78 is 4.93. The highest BCUT2D eigenvalue weighted by Crippen LogP contribution is 2.16. The summed E-state index contributed by atoms with van der Waals surface area (Å²) >= 11 is 2.83. The van der Waals surface area contributed by atoms with Crippen LogP contribution in [0.1, 0.15) is 15.7 Å². The maximum Gasteiger partial charge on any atom is 0.232 e. The topological polar surface area (TPSA) is 77.0 Å². The van der Waals surface area contributed by atoms with E-state index < -0.39 is 0 Å². The van der Waals surface area contributed by atoms with Gasteiger partial charge in [-0.3, -0.25) is 4.79 Å². The molecule has 0 saturated heterocycles. The number of hydrogen-bond donors (Lipinski definition) is 1. The minimum atomic E-state index is -0.139. The zero-order valence-electron chi connectivity index (χ0n) is 9.97. The van der Waals surface area contributed by atoms with Crippen LogP contribution in [0, 0.1) is 6.92 Å². The zero-order valence-corrected chi connectivity index (χ0v) is 11.6. The van der Waals surface area contributed by atoms with E-state index in [-0.39, 0.29) is 12.3 Å². The Bertz CT molecular complexity index is 537. The number of hydrogen-bond acceptors (Lipinski definition) is 7. The number of rotatable bonds is 5. The number of carbonyl (C=O) groups is 1. The number of aromatic nitrogens is 3. The summed E-state index contributed by atoms with van der Waals surface area (Å²) in [5, 5.41) is 14.5. The molecule has 0 fully saturated rings. The van der Waals surface area contributed by atoms with Crippen LogP contribution in [0.4, 0.5) is 5.13 Å². The molecule has 6 nitrogen and oxygen atoms in total. The summed E-state index contributed by atoms with van der Waals surface area (Å²) in [5.41, 5.74) is 0.775. The molecule has 0 saturated carbocycles. The number of nitrogens with one attached hydrogen (secondary N) is 1. The molecule has 0 aliphatic heterocycles. The van der Waals surface area contributed by atoms with Gasteiger partial charge >= 0.3 is 0 Å². The molecule has 1 N–H and O–H groups in total. The molecule has 0 radical (unpaired) electrons. The predicted molar refractivity (Wildman–Crippen MR) is 69.8 cm³/mol. The molecule has 2 heterocycles. The lowest BCUT2D eigenvalue weighted by Gasteiger charge is -1.97. The Balaban J connectivity index is 1.90. The van der Waals surface area contributed by atoms with Gasteiger partial charge in [-0.1, -0.05) is 11.3 Å². The number of carbonyl (C=O) groups excluding carboxylic acids is 1. The largest absolute Gasteiger partial charge is 0.377 e. The summed E-state index contributed by atoms with van der Waals surface area (Å²) in [6.07, 6.45) is 0.254. The molecule has 0 aromatic carbocycles. The second-order valence-electron chi connectivity index (χ2n) is 3.52. The third-order valence-electron chi connectivity index (χ3n) is 1.99. The second kappa shape index (κ2) is 5.98. The fraction of sp³-hybridized carbons (Fsp3) is 0.400. The highest BCUT2D eigenvalue weighted by molar-refractivity contribution is 7.15. The first-order valence-electron chi connectivity index (χ1n) is 5.19. The zero-order chi connectivity index (χ0) is 13.0. The van der Waals surface area contributed by atoms with Crippen LogP contribution >= 0.6 is 22.7 Å². The minimum absolute atomic E-state index is 0.139. The van der Waals surface area contributed by atoms with Gasteiger partial charge in [0.2, 0.25) is 11.0 Å². The van der Waals surface area contributed by atoms with Crippen molar-refractivity contribution in [3.63, 3.8) is 0 Å². The van der Waals surface area contributed by atoms with Crippen LogP contribution in [0.2, 0.25) is 0 Å². The fourth-order valence-electron chi connectivity index (χ4n) is 1.30. The first kappa shape index (κ1) is 13.1. The quantitative estimate of drug-likeness (QED) is 0.903. The van der Waals surface area contributed by atoms with Crippen molar-refractivity contribution in [2.24, 2.45) is 0 Å². The molecule has 8 heteroatoms. The van der Waals surface area contributed by atoms with Crippen molar-refractivity contribution in [3.8, 4) is 0 Å². The van der Waals surface area contributed by atoms with Gasteiger partial charge < -0.3 is 10.1 Å². The van der Waals surface area contributed by atoms with E-state index in [1.807, 2.05) is 12.3 Å². The fourth-order valence-corrected chi connectivity index (χ4v) is 2.64. The summed E-state index contributed by atoms with van der Waals surface area (Å²) in [4.78, 5) is 16.0. The van der Waals surface area contributed by atoms with E-state index in [1.54, 1.807) is 7.11 Å². The van der Waals surface area contributed by atoms with Gasteiger partial charge in [-0.25, -0.2) is 4.98 Å². The Hall–Kier alpha value is -1.38. The maximum atomic E-state index is 11.7. The van der Waals surface area contributed by atoms with Crippen molar-refractivity contribution in [1.29, 1.82) is 0 Å². The smallest absolute Gasteiger partial charge is 0.232 e. The van der Waals surface area contributed by atoms with Gasteiger partial charge in [-0.2, -0.15) is 0 Å². The standard InChI is InChI=1S/C10H12N4O2S2/c1-6-11-7(5-17-6)3-8(15)12-10-14-13-9(18-10)4-16-2/h5H,3-4H2,1-2H3,(H,12,14,15). The van der Waals surface area contributed by atoms with E-state index in [2.05, 4.69) is 20.5 Å². The molecule has 96 valence electrons. The van der Waals surface area contributed by atoms with Gasteiger partial charge in [-0.15, -0.1) is 21.5 Å². The third-order valence-corrected chi connectivity index (χ3v) is 3.62. The van der Waals surface area contributed by atoms with Gasteiger partial charge in [0.1, 0.15) is 11.6 Å². The van der Waals surface area contributed by atoms with Crippen LogP contribution in [-0.2, 0) is 22.6 Å². The molecule has 2 aromatic heterocycles. The summed E-state index contributed by atoms with van der Waals surface area (Å²) in [6, 6.07) is 0. The molecule has 0 spiro atoms. The van der Waals surface area contributed by atoms with Crippen LogP contribution in [-0.4, -0.2) is 28.2 Å². The van der Waals surface area contributed by atoms with Gasteiger partial charge in [0, 0.05) is 12.5 Å². The number of aryl methyl sites for hydroxylation is 1. The van der Waals surface area contributed by atoms with Crippen molar-refractivity contribution in [2.45, 2.75) is 20.0 Å². The third kappa shape index (κ3) is 3.56. The molecule has 0 unspecified atom stereocenters. The SMILES string of the molecule is COCc1nnc(NC(=O)Cc2csc(C)n2)s1. The van der Waals surface area contributed by atoms with Crippen molar-refractivity contribution in [1.82, 2.24) is 15.2 Å². The molecule has 2 rings (SSSR count). The average Bonchev–Trinajstić information content (AvgIpc) is 2.89. The van der Waals surface area contributed by atoms with Crippen molar-refractivity contribution in [3.05, 3.63) is 21.1 Å². The van der Waals surface area contributed by atoms with E-state index in [0.29, 0.717) is 11.7 Å². The van der Waals surface area contributed by atoms with Crippen LogP contribution in [0.15, 0.2) is 5.38 Å². The molecule has 2 aromatic rings. The number of thiazole rings is 1. The van der Waals surface area contributed by atoms with Crippen LogP contribution in [0.25, 0.3) is 0 Å². The Morgan fingerprint density at radius 1 is 1.50 bits per heavy atom. The van der Waals surface area contributed by atoms with E-state index in [0.717, 1.165) is 15.7 Å². The van der Waals surface area contributed by atoms with E-state index >= 15 is 0 Å². The lowest BCUT2D eigenvalue weighted by atomic mass is 10.3. The molecule has 1 amide bonds. The molecule has 0 aliphatic carbocycles. The number of methoxy groups -OCH3 is 1. The Morgan fingerprint density at radius 3 is 3.00 bits per heavy atom. The normalized spacial score (nSPS) is 10.6. The Labute approximate surface area is 112 Å². The van der Waals surface area contributed by atoms with Gasteiger partial charge in [0.15, 0.2) is 0 Å². The minimum Gasteiger partial charge on any atom is -0.377 e. The highest BCUT2D eigenvalue weighted by Gasteiger charge is 2.10. The molecule has 0 bridgehead atoms. The van der Waals surface area contributed by atoms with Crippen LogP contribution in [0.3, 0.4) is 0 Å². The number of anilines is 1. The lowest BCUT2D eigenvalue weighted by molar-refractivity contribution is -0.115. The number of amides is 1. The predicted octanol–water partition coefficient (Wildman–Crippen LogP) is 1.63. The molecular formula is C10H12N4O2S2. The Morgan fingerprint density at radius 2 is 2.33 bits per heavy atom. The maximum absolute atomic E-state index is 11.7. The monoisotopic (exact) mass is 284 g/mol. The van der Waals surface area contributed by atoms with Crippen molar-refractivity contribution in [2.75, 3.05) is 12.4 Å². The summed E-state index contributed by atoms with van der Waals surface area (Å²) in [5.74, 6) is -0.139. The van der Waals surface area contributed by atoms with E-state index in [4.69, 9.17) is 4.74 Å². The first-order valence-corrected chi connectivity index (χ1v) is 6.89. The number of nitrogens with zero attached hydrogens (tertiary/aromatic N) is 3. The van der Waals surface area contributed by atoms with E-state index in [1.165, 1.54) is 22.7 Å². The molecule has 0 atom stereocenters.